The van der Waals surface area contributed by atoms with Crippen molar-refractivity contribution in [1.82, 2.24) is 0 Å². The number of aliphatic hydroxyl groups is 3. The van der Waals surface area contributed by atoms with E-state index in [4.69, 9.17) is 23.5 Å². The van der Waals surface area contributed by atoms with Crippen LogP contribution in [0.5, 0.6) is 0 Å². The van der Waals surface area contributed by atoms with Gasteiger partial charge in [0.2, 0.25) is 0 Å². The lowest BCUT2D eigenvalue weighted by molar-refractivity contribution is -0.301. The number of carbonyl (C=O) groups excluding carboxylic acids is 1. The van der Waals surface area contributed by atoms with Gasteiger partial charge in [-0.1, -0.05) is 93.4 Å². The number of carbonyl (C=O) groups is 1. The molecular formula is C35H58O12S. The predicted octanol–water partition coefficient (Wildman–Crippen LogP) is 5.06. The molecule has 0 bridgehead atoms. The fraction of sp³-hybridized carbons (Fsp3) is 0.686. The summed E-state index contributed by atoms with van der Waals surface area (Å²) in [6, 6.07) is 0. The van der Waals surface area contributed by atoms with Crippen LogP contribution in [-0.4, -0.2) is 97.5 Å². The zero-order chi connectivity index (χ0) is 35.5. The molecule has 0 amide bonds. The van der Waals surface area contributed by atoms with Crippen molar-refractivity contribution < 1.29 is 56.2 Å². The van der Waals surface area contributed by atoms with Crippen LogP contribution in [0, 0.1) is 0 Å². The SMILES string of the molecule is CC/C=C\C/C=C\C/C=C\C/C=C\C/C=C\CCCCCCCCOCC(COC1OC(CO)C(O)C(OS(=O)(=O)O)C1O)OC(C)=O. The minimum Gasteiger partial charge on any atom is -0.458 e. The van der Waals surface area contributed by atoms with Gasteiger partial charge in [0.05, 0.1) is 19.8 Å². The first kappa shape index (κ1) is 43.8. The quantitative estimate of drug-likeness (QED) is 0.0388. The smallest absolute Gasteiger partial charge is 0.397 e. The van der Waals surface area contributed by atoms with Crippen molar-refractivity contribution in [3.63, 3.8) is 0 Å². The number of esters is 1. The second-order valence-corrected chi connectivity index (χ2v) is 12.5. The van der Waals surface area contributed by atoms with Gasteiger partial charge in [-0.2, -0.15) is 8.42 Å². The molecule has 276 valence electrons. The van der Waals surface area contributed by atoms with Crippen molar-refractivity contribution in [1.29, 1.82) is 0 Å². The first-order valence-electron chi connectivity index (χ1n) is 17.0. The average molecular weight is 703 g/mol. The Labute approximate surface area is 287 Å². The van der Waals surface area contributed by atoms with Crippen molar-refractivity contribution in [3.8, 4) is 0 Å². The lowest BCUT2D eigenvalue weighted by Gasteiger charge is -2.41. The number of unbranched alkanes of at least 4 members (excludes halogenated alkanes) is 6. The fourth-order valence-electron chi connectivity index (χ4n) is 4.75. The van der Waals surface area contributed by atoms with Crippen LogP contribution in [0.3, 0.4) is 0 Å². The van der Waals surface area contributed by atoms with Gasteiger partial charge in [0.1, 0.15) is 30.5 Å². The molecule has 0 spiro atoms. The third-order valence-corrected chi connectivity index (χ3v) is 7.67. The lowest BCUT2D eigenvalue weighted by Crippen LogP contribution is -2.60. The largest absolute Gasteiger partial charge is 0.458 e. The van der Waals surface area contributed by atoms with E-state index < -0.39 is 59.8 Å². The standard InChI is InChI=1S/C35H58O12S/c1-3-4-5-6-7-8-9-10-11-12-13-14-15-16-17-18-19-20-21-22-23-24-25-43-27-30(45-29(2)37)28-44-35-33(39)34(47-48(40,41)42)32(38)31(26-36)46-35/h4-5,7-8,10-11,13-14,16-17,30-36,38-39H,3,6,9,12,15,18-28H2,1-2H3,(H,40,41,42)/b5-4-,8-7-,11-10-,14-13-,17-16-. The molecule has 1 fully saturated rings. The fourth-order valence-corrected chi connectivity index (χ4v) is 5.26. The van der Waals surface area contributed by atoms with Crippen LogP contribution in [0.4, 0.5) is 0 Å². The third-order valence-electron chi connectivity index (χ3n) is 7.20. The summed E-state index contributed by atoms with van der Waals surface area (Å²) < 4.78 is 57.2. The molecule has 0 aromatic heterocycles. The van der Waals surface area contributed by atoms with Crippen molar-refractivity contribution in [2.45, 2.75) is 128 Å². The Kier molecular flexibility index (Phi) is 25.2. The Hall–Kier alpha value is -2.20. The Balaban J connectivity index is 2.16. The molecule has 1 aliphatic rings. The van der Waals surface area contributed by atoms with E-state index in [0.717, 1.165) is 70.6 Å². The van der Waals surface area contributed by atoms with Gasteiger partial charge in [-0.15, -0.1) is 0 Å². The van der Waals surface area contributed by atoms with Gasteiger partial charge >= 0.3 is 16.4 Å². The molecule has 6 unspecified atom stereocenters. The Morgan fingerprint density at radius 3 is 1.88 bits per heavy atom. The summed E-state index contributed by atoms with van der Waals surface area (Å²) in [6.07, 6.45) is 25.2. The number of allylic oxidation sites excluding steroid dienone is 10. The van der Waals surface area contributed by atoms with Gasteiger partial charge in [0.25, 0.3) is 0 Å². The number of ether oxygens (including phenoxy) is 4. The van der Waals surface area contributed by atoms with E-state index in [9.17, 15) is 28.5 Å². The van der Waals surface area contributed by atoms with Crippen LogP contribution in [0.1, 0.15) is 90.9 Å². The van der Waals surface area contributed by atoms with E-state index in [1.807, 2.05) is 0 Å². The van der Waals surface area contributed by atoms with E-state index in [-0.39, 0.29) is 13.2 Å². The zero-order valence-corrected chi connectivity index (χ0v) is 29.3. The van der Waals surface area contributed by atoms with E-state index in [2.05, 4.69) is 71.9 Å². The first-order chi connectivity index (χ1) is 23.1. The highest BCUT2D eigenvalue weighted by Crippen LogP contribution is 2.25. The normalized spacial score (nSPS) is 23.0. The summed E-state index contributed by atoms with van der Waals surface area (Å²) >= 11 is 0. The van der Waals surface area contributed by atoms with E-state index in [1.54, 1.807) is 0 Å². The molecule has 48 heavy (non-hydrogen) atoms. The Bertz CT molecular complexity index is 1090. The van der Waals surface area contributed by atoms with Gasteiger partial charge in [-0.3, -0.25) is 9.35 Å². The van der Waals surface area contributed by atoms with Gasteiger partial charge in [-0.25, -0.2) is 4.18 Å². The number of hydrogen-bond donors (Lipinski definition) is 4. The molecule has 12 nitrogen and oxygen atoms in total. The summed E-state index contributed by atoms with van der Waals surface area (Å²) in [5.74, 6) is -0.585. The molecule has 0 aromatic carbocycles. The molecule has 0 aliphatic carbocycles. The summed E-state index contributed by atoms with van der Waals surface area (Å²) in [4.78, 5) is 11.5. The average Bonchev–Trinajstić information content (AvgIpc) is 3.03. The topological polar surface area (TPSA) is 178 Å². The lowest BCUT2D eigenvalue weighted by atomic mass is 9.99. The minimum absolute atomic E-state index is 0.00659. The van der Waals surface area contributed by atoms with Crippen molar-refractivity contribution >= 4 is 16.4 Å². The van der Waals surface area contributed by atoms with Crippen LogP contribution >= 0.6 is 0 Å². The molecule has 1 rings (SSSR count). The molecule has 1 heterocycles. The van der Waals surface area contributed by atoms with E-state index in [0.29, 0.717) is 6.61 Å². The maximum atomic E-state index is 11.5. The highest BCUT2D eigenvalue weighted by atomic mass is 32.3. The molecule has 0 aromatic rings. The maximum Gasteiger partial charge on any atom is 0.397 e. The highest BCUT2D eigenvalue weighted by Gasteiger charge is 2.48. The third kappa shape index (κ3) is 22.4. The number of hydrogen-bond acceptors (Lipinski definition) is 11. The zero-order valence-electron chi connectivity index (χ0n) is 28.5. The van der Waals surface area contributed by atoms with E-state index >= 15 is 0 Å². The molecule has 1 saturated heterocycles. The Morgan fingerprint density at radius 1 is 0.792 bits per heavy atom. The molecule has 13 heteroatoms. The molecular weight excluding hydrogens is 644 g/mol. The van der Waals surface area contributed by atoms with Crippen LogP contribution in [-0.2, 0) is 38.3 Å². The van der Waals surface area contributed by atoms with Crippen molar-refractivity contribution in [3.05, 3.63) is 60.8 Å². The molecule has 0 saturated carbocycles. The van der Waals surface area contributed by atoms with Gasteiger partial charge in [0, 0.05) is 13.5 Å². The van der Waals surface area contributed by atoms with Crippen LogP contribution < -0.4 is 0 Å². The second-order valence-electron chi connectivity index (χ2n) is 11.5. The minimum atomic E-state index is -5.04. The van der Waals surface area contributed by atoms with Crippen LogP contribution in [0.15, 0.2) is 60.8 Å². The Morgan fingerprint density at radius 2 is 1.33 bits per heavy atom. The molecule has 6 atom stereocenters. The first-order valence-corrected chi connectivity index (χ1v) is 18.3. The monoisotopic (exact) mass is 702 g/mol. The number of rotatable bonds is 27. The highest BCUT2D eigenvalue weighted by molar-refractivity contribution is 7.80. The van der Waals surface area contributed by atoms with Crippen LogP contribution in [0.25, 0.3) is 0 Å². The van der Waals surface area contributed by atoms with Crippen molar-refractivity contribution in [2.24, 2.45) is 0 Å². The van der Waals surface area contributed by atoms with Crippen molar-refractivity contribution in [2.75, 3.05) is 26.4 Å². The van der Waals surface area contributed by atoms with Gasteiger partial charge in [0.15, 0.2) is 6.29 Å². The van der Waals surface area contributed by atoms with Gasteiger partial charge < -0.3 is 34.3 Å². The van der Waals surface area contributed by atoms with Crippen LogP contribution in [0.2, 0.25) is 0 Å². The number of aliphatic hydroxyl groups excluding tert-OH is 3. The molecule has 4 N–H and O–H groups in total. The summed E-state index contributed by atoms with van der Waals surface area (Å²) in [5, 5.41) is 30.0. The maximum absolute atomic E-state index is 11.5. The van der Waals surface area contributed by atoms with Gasteiger partial charge in [-0.05, 0) is 51.4 Å². The summed E-state index contributed by atoms with van der Waals surface area (Å²) in [7, 11) is -5.04. The summed E-state index contributed by atoms with van der Waals surface area (Å²) in [6.45, 7) is 2.76. The molecule has 1 aliphatic heterocycles. The predicted molar refractivity (Wildman–Crippen MR) is 183 cm³/mol. The van der Waals surface area contributed by atoms with E-state index in [1.165, 1.54) is 13.3 Å². The second kappa shape index (κ2) is 27.6. The summed E-state index contributed by atoms with van der Waals surface area (Å²) in [5.41, 5.74) is 0. The molecule has 0 radical (unpaired) electrons.